The number of amides is 2. The second-order valence-corrected chi connectivity index (χ2v) is 11.9. The Balaban J connectivity index is 1.46. The van der Waals surface area contributed by atoms with Gasteiger partial charge in [-0.2, -0.15) is 0 Å². The van der Waals surface area contributed by atoms with E-state index in [1.165, 1.54) is 4.90 Å². The molecular formula is C29H38N4O5S. The summed E-state index contributed by atoms with van der Waals surface area (Å²) in [6, 6.07) is 8.61. The number of ether oxygens (including phenoxy) is 1. The maximum absolute atomic E-state index is 13.8. The minimum atomic E-state index is -0.783. The molecule has 0 radical (unpaired) electrons. The number of β-amino-alcohol motifs (C(OH)–C–C–N with tert-alkyl or cyclic N) is 1. The molecule has 210 valence electrons. The van der Waals surface area contributed by atoms with Crippen LogP contribution < -0.4 is 10.1 Å². The number of hydrogen-bond acceptors (Lipinski definition) is 8. The van der Waals surface area contributed by atoms with E-state index >= 15 is 0 Å². The van der Waals surface area contributed by atoms with Gasteiger partial charge in [-0.1, -0.05) is 52.0 Å². The molecule has 1 fully saturated rings. The number of carbonyl (C=O) groups is 2. The predicted octanol–water partition coefficient (Wildman–Crippen LogP) is 4.72. The van der Waals surface area contributed by atoms with Crippen molar-refractivity contribution in [2.75, 3.05) is 13.2 Å². The number of benzene rings is 1. The summed E-state index contributed by atoms with van der Waals surface area (Å²) in [5.41, 5.74) is 4.85. The zero-order valence-corrected chi connectivity index (χ0v) is 24.2. The summed E-state index contributed by atoms with van der Waals surface area (Å²) in [5.74, 6) is -0.307. The highest BCUT2D eigenvalue weighted by atomic mass is 32.1. The third-order valence-electron chi connectivity index (χ3n) is 6.95. The third kappa shape index (κ3) is 6.67. The van der Waals surface area contributed by atoms with Gasteiger partial charge in [0.15, 0.2) is 5.76 Å². The normalized spacial score (nSPS) is 18.9. The number of aliphatic hydroxyl groups excluding tert-OH is 1. The summed E-state index contributed by atoms with van der Waals surface area (Å²) < 4.78 is 11.1. The zero-order valence-electron chi connectivity index (χ0n) is 23.4. The average molecular weight is 555 g/mol. The highest BCUT2D eigenvalue weighted by molar-refractivity contribution is 7.13. The number of rotatable bonds is 10. The van der Waals surface area contributed by atoms with Crippen molar-refractivity contribution in [1.82, 2.24) is 20.4 Å². The quantitative estimate of drug-likeness (QED) is 0.372. The molecule has 4 rings (SSSR count). The molecule has 1 aliphatic rings. The Hall–Kier alpha value is -3.24. The highest BCUT2D eigenvalue weighted by Crippen LogP contribution is 2.33. The summed E-state index contributed by atoms with van der Waals surface area (Å²) in [5, 5.41) is 17.5. The zero-order chi connectivity index (χ0) is 28.3. The third-order valence-corrected chi connectivity index (χ3v) is 7.93. The summed E-state index contributed by atoms with van der Waals surface area (Å²) in [4.78, 5) is 34.1. The molecule has 1 aromatic carbocycles. The number of hydrogen-bond donors (Lipinski definition) is 2. The molecule has 0 saturated carbocycles. The van der Waals surface area contributed by atoms with Crippen LogP contribution in [0.4, 0.5) is 0 Å². The van der Waals surface area contributed by atoms with Gasteiger partial charge in [0.2, 0.25) is 11.8 Å². The molecule has 2 aromatic heterocycles. The maximum atomic E-state index is 13.8. The Bertz CT molecular complexity index is 1270. The number of aryl methyl sites for hydroxylation is 1. The van der Waals surface area contributed by atoms with E-state index in [9.17, 15) is 14.7 Å². The van der Waals surface area contributed by atoms with Crippen molar-refractivity contribution in [2.24, 2.45) is 11.8 Å². The molecule has 3 aromatic rings. The van der Waals surface area contributed by atoms with Gasteiger partial charge in [0, 0.05) is 19.0 Å². The standard InChI is InChI=1S/C29H38N4O5S/c1-16(2)14-37-25-12-24(38-32-25)26(17(3)4)29(36)33-13-22(34)11-23(33)28(35)31-18(5)20-7-9-21(10-8-20)27-19(6)30-15-39-27/h7-10,12,15-18,22-23,26,34H,11,13-14H2,1-6H3,(H,31,35)/t18-,22+,23-,26+/m0/s1. The van der Waals surface area contributed by atoms with Crippen LogP contribution in [0.25, 0.3) is 10.4 Å². The van der Waals surface area contributed by atoms with E-state index in [1.54, 1.807) is 17.4 Å². The molecule has 1 saturated heterocycles. The van der Waals surface area contributed by atoms with Crippen LogP contribution in [0.5, 0.6) is 5.88 Å². The van der Waals surface area contributed by atoms with Crippen molar-refractivity contribution in [1.29, 1.82) is 0 Å². The molecule has 1 aliphatic heterocycles. The molecule has 4 atom stereocenters. The van der Waals surface area contributed by atoms with Gasteiger partial charge in [0.05, 0.1) is 34.8 Å². The van der Waals surface area contributed by atoms with Gasteiger partial charge < -0.3 is 24.6 Å². The van der Waals surface area contributed by atoms with Gasteiger partial charge in [-0.3, -0.25) is 9.59 Å². The van der Waals surface area contributed by atoms with Gasteiger partial charge >= 0.3 is 0 Å². The molecule has 0 unspecified atom stereocenters. The predicted molar refractivity (Wildman–Crippen MR) is 149 cm³/mol. The van der Waals surface area contributed by atoms with E-state index in [0.29, 0.717) is 24.2 Å². The first kappa shape index (κ1) is 28.8. The highest BCUT2D eigenvalue weighted by Gasteiger charge is 2.43. The minimum Gasteiger partial charge on any atom is -0.475 e. The number of thiazole rings is 1. The second-order valence-electron chi connectivity index (χ2n) is 11.0. The number of nitrogens with one attached hydrogen (secondary N) is 1. The first-order chi connectivity index (χ1) is 18.5. The lowest BCUT2D eigenvalue weighted by Crippen LogP contribution is -2.48. The van der Waals surface area contributed by atoms with Crippen molar-refractivity contribution in [3.8, 4) is 16.3 Å². The van der Waals surface area contributed by atoms with Crippen LogP contribution in [-0.4, -0.2) is 57.3 Å². The van der Waals surface area contributed by atoms with Crippen molar-refractivity contribution >= 4 is 23.2 Å². The Morgan fingerprint density at radius 3 is 2.54 bits per heavy atom. The fourth-order valence-electron chi connectivity index (χ4n) is 4.85. The topological polar surface area (TPSA) is 118 Å². The van der Waals surface area contributed by atoms with Crippen molar-refractivity contribution in [2.45, 2.75) is 72.1 Å². The maximum Gasteiger partial charge on any atom is 0.254 e. The molecule has 2 amide bonds. The van der Waals surface area contributed by atoms with Crippen molar-refractivity contribution in [3.05, 3.63) is 52.9 Å². The SMILES string of the molecule is Cc1ncsc1-c1ccc([C@H](C)NC(=O)[C@@H]2C[C@@H](O)CN2C(=O)[C@@H](c2cc(OCC(C)C)no2)C(C)C)cc1. The fraction of sp³-hybridized carbons (Fsp3) is 0.517. The smallest absolute Gasteiger partial charge is 0.254 e. The lowest BCUT2D eigenvalue weighted by atomic mass is 9.91. The van der Waals surface area contributed by atoms with Gasteiger partial charge in [-0.15, -0.1) is 11.3 Å². The van der Waals surface area contributed by atoms with Crippen LogP contribution in [0, 0.1) is 18.8 Å². The summed E-state index contributed by atoms with van der Waals surface area (Å²) in [6.45, 7) is 12.4. The van der Waals surface area contributed by atoms with Crippen LogP contribution in [0.1, 0.15) is 70.0 Å². The number of aromatic nitrogens is 2. The number of carbonyl (C=O) groups excluding carboxylic acids is 2. The van der Waals surface area contributed by atoms with Crippen LogP contribution in [0.3, 0.4) is 0 Å². The summed E-state index contributed by atoms with van der Waals surface area (Å²) in [7, 11) is 0. The van der Waals surface area contributed by atoms with Crippen LogP contribution in [0.2, 0.25) is 0 Å². The van der Waals surface area contributed by atoms with Crippen LogP contribution >= 0.6 is 11.3 Å². The van der Waals surface area contributed by atoms with E-state index in [0.717, 1.165) is 21.7 Å². The van der Waals surface area contributed by atoms with E-state index in [2.05, 4.69) is 15.5 Å². The fourth-order valence-corrected chi connectivity index (χ4v) is 5.67. The molecular weight excluding hydrogens is 516 g/mol. The first-order valence-corrected chi connectivity index (χ1v) is 14.3. The molecule has 2 N–H and O–H groups in total. The Kier molecular flexibility index (Phi) is 9.07. The molecule has 10 heteroatoms. The molecule has 3 heterocycles. The number of aliphatic hydroxyl groups is 1. The first-order valence-electron chi connectivity index (χ1n) is 13.4. The van der Waals surface area contributed by atoms with Gasteiger partial charge in [0.1, 0.15) is 12.0 Å². The average Bonchev–Trinajstić information content (AvgIpc) is 3.62. The number of nitrogens with zero attached hydrogens (tertiary/aromatic N) is 3. The van der Waals surface area contributed by atoms with E-state index < -0.39 is 18.1 Å². The largest absolute Gasteiger partial charge is 0.475 e. The molecule has 0 aliphatic carbocycles. The van der Waals surface area contributed by atoms with E-state index in [-0.39, 0.29) is 36.7 Å². The lowest BCUT2D eigenvalue weighted by molar-refractivity contribution is -0.141. The van der Waals surface area contributed by atoms with E-state index in [4.69, 9.17) is 9.26 Å². The molecule has 39 heavy (non-hydrogen) atoms. The lowest BCUT2D eigenvalue weighted by Gasteiger charge is -2.29. The van der Waals surface area contributed by atoms with Gasteiger partial charge in [-0.05, 0) is 42.0 Å². The number of likely N-dealkylation sites (tertiary alicyclic amines) is 1. The monoisotopic (exact) mass is 554 g/mol. The molecule has 9 nitrogen and oxygen atoms in total. The Morgan fingerprint density at radius 1 is 1.21 bits per heavy atom. The summed E-state index contributed by atoms with van der Waals surface area (Å²) in [6.07, 6.45) is -0.605. The van der Waals surface area contributed by atoms with Crippen molar-refractivity contribution < 1.29 is 24.0 Å². The van der Waals surface area contributed by atoms with Crippen molar-refractivity contribution in [3.63, 3.8) is 0 Å². The van der Waals surface area contributed by atoms with Crippen LogP contribution in [0.15, 0.2) is 40.4 Å². The Labute approximate surface area is 233 Å². The molecule has 0 bridgehead atoms. The van der Waals surface area contributed by atoms with Gasteiger partial charge in [0.25, 0.3) is 5.88 Å². The van der Waals surface area contributed by atoms with Gasteiger partial charge in [-0.25, -0.2) is 4.98 Å². The van der Waals surface area contributed by atoms with Crippen LogP contribution in [-0.2, 0) is 9.59 Å². The minimum absolute atomic E-state index is 0.0856. The molecule has 0 spiro atoms. The Morgan fingerprint density at radius 2 is 1.92 bits per heavy atom. The van der Waals surface area contributed by atoms with E-state index in [1.807, 2.05) is 71.3 Å². The summed E-state index contributed by atoms with van der Waals surface area (Å²) >= 11 is 1.60. The second kappa shape index (κ2) is 12.3.